The van der Waals surface area contributed by atoms with Gasteiger partial charge in [-0.15, -0.1) is 0 Å². The minimum atomic E-state index is -2.07. The minimum Gasteiger partial charge on any atom is -0.412 e. The highest BCUT2D eigenvalue weighted by atomic mass is 28.4. The molecule has 2 aliphatic carbocycles. The van der Waals surface area contributed by atoms with E-state index < -0.39 is 40.5 Å². The summed E-state index contributed by atoms with van der Waals surface area (Å²) in [6.45, 7) is 18.5. The van der Waals surface area contributed by atoms with Crippen LogP contribution in [0.4, 0.5) is 0 Å². The van der Waals surface area contributed by atoms with E-state index >= 15 is 0 Å². The van der Waals surface area contributed by atoms with Gasteiger partial charge >= 0.3 is 0 Å². The van der Waals surface area contributed by atoms with Gasteiger partial charge < -0.3 is 38.0 Å². The zero-order valence-corrected chi connectivity index (χ0v) is 31.5. The molecule has 2 rings (SSSR count). The van der Waals surface area contributed by atoms with Gasteiger partial charge in [0.1, 0.15) is 31.4 Å². The molecule has 1 fully saturated rings. The summed E-state index contributed by atoms with van der Waals surface area (Å²) < 4.78 is 37.9. The quantitative estimate of drug-likeness (QED) is 0.0499. The highest BCUT2D eigenvalue weighted by molar-refractivity contribution is 6.71. The molecule has 1 saturated carbocycles. The van der Waals surface area contributed by atoms with Crippen molar-refractivity contribution in [3.05, 3.63) is 11.6 Å². The SMILES string of the molecule is CCCCCC[Si](C)(C)O[C@H]1CCC=C([C@]2(O)[C@@H](O)CC[C@H](O[Si](C)(C)CCCCCC)[C@@H]2OCOCC)[C@H]1OCOCC. The Morgan fingerprint density at radius 3 is 1.82 bits per heavy atom. The Labute approximate surface area is 271 Å². The first-order chi connectivity index (χ1) is 21.0. The van der Waals surface area contributed by atoms with Crippen LogP contribution in [0.3, 0.4) is 0 Å². The van der Waals surface area contributed by atoms with E-state index in [4.69, 9.17) is 27.8 Å². The van der Waals surface area contributed by atoms with Gasteiger partial charge in [-0.3, -0.25) is 0 Å². The van der Waals surface area contributed by atoms with E-state index in [1.807, 2.05) is 19.9 Å². The number of allylic oxidation sites excluding steroid dienone is 1. The fourth-order valence-corrected chi connectivity index (χ4v) is 11.3. The van der Waals surface area contributed by atoms with Gasteiger partial charge in [0.05, 0.1) is 18.3 Å². The number of aliphatic hydroxyl groups excluding tert-OH is 1. The van der Waals surface area contributed by atoms with Crippen LogP contribution in [0.2, 0.25) is 38.3 Å². The first-order valence-corrected chi connectivity index (χ1v) is 24.0. The van der Waals surface area contributed by atoms with E-state index in [9.17, 15) is 10.2 Å². The van der Waals surface area contributed by atoms with Crippen molar-refractivity contribution in [1.82, 2.24) is 0 Å². The number of ether oxygens (including phenoxy) is 4. The van der Waals surface area contributed by atoms with Crippen LogP contribution in [0.5, 0.6) is 0 Å². The molecule has 10 heteroatoms. The molecule has 6 atom stereocenters. The normalized spacial score (nSPS) is 28.3. The molecule has 8 nitrogen and oxygen atoms in total. The number of aliphatic hydroxyl groups is 2. The highest BCUT2D eigenvalue weighted by Crippen LogP contribution is 2.44. The van der Waals surface area contributed by atoms with Crippen molar-refractivity contribution >= 4 is 16.6 Å². The average molecular weight is 661 g/mol. The molecule has 0 aromatic rings. The summed E-state index contributed by atoms with van der Waals surface area (Å²) in [6, 6.07) is 2.14. The van der Waals surface area contributed by atoms with E-state index in [0.29, 0.717) is 31.6 Å². The molecule has 0 aromatic carbocycles. The molecule has 0 aromatic heterocycles. The van der Waals surface area contributed by atoms with Gasteiger partial charge in [0.2, 0.25) is 0 Å². The van der Waals surface area contributed by atoms with Gasteiger partial charge in [0.25, 0.3) is 0 Å². The molecular formula is C34H68O8Si2. The molecule has 0 bridgehead atoms. The van der Waals surface area contributed by atoms with Crippen LogP contribution < -0.4 is 0 Å². The predicted molar refractivity (Wildman–Crippen MR) is 183 cm³/mol. The maximum absolute atomic E-state index is 12.8. The molecule has 0 heterocycles. The molecular weight excluding hydrogens is 593 g/mol. The minimum absolute atomic E-state index is 0.0178. The topological polar surface area (TPSA) is 95.8 Å². The molecule has 0 unspecified atom stereocenters. The van der Waals surface area contributed by atoms with Crippen molar-refractivity contribution in [2.75, 3.05) is 26.8 Å². The van der Waals surface area contributed by atoms with E-state index in [0.717, 1.165) is 31.4 Å². The lowest BCUT2D eigenvalue weighted by molar-refractivity contribution is -0.234. The largest absolute Gasteiger partial charge is 0.412 e. The molecule has 0 amide bonds. The van der Waals surface area contributed by atoms with Gasteiger partial charge in [-0.25, -0.2) is 0 Å². The Hall–Kier alpha value is -0.146. The third kappa shape index (κ3) is 12.5. The lowest BCUT2D eigenvalue weighted by Gasteiger charge is -2.52. The number of rotatable bonds is 23. The van der Waals surface area contributed by atoms with Crippen molar-refractivity contribution in [1.29, 1.82) is 0 Å². The summed E-state index contributed by atoms with van der Waals surface area (Å²) in [4.78, 5) is 0. The highest BCUT2D eigenvalue weighted by Gasteiger charge is 2.58. The molecule has 0 spiro atoms. The van der Waals surface area contributed by atoms with Crippen molar-refractivity contribution < 1.29 is 38.0 Å². The van der Waals surface area contributed by atoms with Gasteiger partial charge in [0, 0.05) is 13.2 Å². The predicted octanol–water partition coefficient (Wildman–Crippen LogP) is 7.69. The van der Waals surface area contributed by atoms with Crippen molar-refractivity contribution in [2.24, 2.45) is 0 Å². The van der Waals surface area contributed by atoms with Crippen LogP contribution in [0.25, 0.3) is 0 Å². The first-order valence-electron chi connectivity index (χ1n) is 17.8. The van der Waals surface area contributed by atoms with E-state index in [1.165, 1.54) is 44.9 Å². The number of unbranched alkanes of at least 4 members (excludes halogenated alkanes) is 6. The summed E-state index contributed by atoms with van der Waals surface area (Å²) >= 11 is 0. The Kier molecular flexibility index (Phi) is 18.4. The number of hydrogen-bond acceptors (Lipinski definition) is 8. The van der Waals surface area contributed by atoms with Gasteiger partial charge in [0.15, 0.2) is 16.6 Å². The van der Waals surface area contributed by atoms with Crippen LogP contribution in [0.1, 0.15) is 105 Å². The molecule has 2 aliphatic rings. The summed E-state index contributed by atoms with van der Waals surface area (Å²) in [5.41, 5.74) is -1.08. The second kappa shape index (κ2) is 20.3. The van der Waals surface area contributed by atoms with E-state index in [-0.39, 0.29) is 25.8 Å². The van der Waals surface area contributed by atoms with Crippen LogP contribution >= 0.6 is 0 Å². The molecule has 260 valence electrons. The third-order valence-corrected chi connectivity index (χ3v) is 14.2. The smallest absolute Gasteiger partial charge is 0.187 e. The zero-order chi connectivity index (χ0) is 32.6. The molecule has 0 radical (unpaired) electrons. The Balaban J connectivity index is 2.39. The number of hydrogen-bond donors (Lipinski definition) is 2. The Morgan fingerprint density at radius 2 is 1.27 bits per heavy atom. The van der Waals surface area contributed by atoms with E-state index in [2.05, 4.69) is 40.0 Å². The molecule has 0 saturated heterocycles. The molecule has 44 heavy (non-hydrogen) atoms. The van der Waals surface area contributed by atoms with Crippen molar-refractivity contribution in [2.45, 2.75) is 179 Å². The second-order valence-electron chi connectivity index (χ2n) is 14.0. The average Bonchev–Trinajstić information content (AvgIpc) is 2.97. The fraction of sp³-hybridized carbons (Fsp3) is 0.941. The fourth-order valence-electron chi connectivity index (χ4n) is 6.76. The summed E-state index contributed by atoms with van der Waals surface area (Å²) in [7, 11) is -4.09. The monoisotopic (exact) mass is 660 g/mol. The van der Waals surface area contributed by atoms with Crippen LogP contribution in [-0.2, 0) is 27.8 Å². The maximum Gasteiger partial charge on any atom is 0.187 e. The summed E-state index contributed by atoms with van der Waals surface area (Å²) in [5.74, 6) is 0. The van der Waals surface area contributed by atoms with Crippen molar-refractivity contribution in [3.63, 3.8) is 0 Å². The van der Waals surface area contributed by atoms with Crippen LogP contribution in [0.15, 0.2) is 11.6 Å². The molecule has 2 N–H and O–H groups in total. The second-order valence-corrected chi connectivity index (χ2v) is 22.5. The molecule has 0 aliphatic heterocycles. The third-order valence-electron chi connectivity index (χ3n) is 9.20. The first kappa shape index (κ1) is 40.0. The Bertz CT molecular complexity index is 810. The standard InChI is InChI=1S/C34H68O8Si2/c1-9-13-15-17-24-43(5,6)41-29-21-19-20-28(32(29)39-26-37-11-3)34(36)31(35)23-22-30(33(34)40-27-38-12-4)42-44(7,8)25-18-16-14-10-2/h20,29-33,35-36H,9-19,21-27H2,1-8H3/t29-,30-,31-,32+,33-,34-/m0/s1. The van der Waals surface area contributed by atoms with Crippen LogP contribution in [0, 0.1) is 0 Å². The summed E-state index contributed by atoms with van der Waals surface area (Å²) in [6.07, 6.45) is 11.2. The van der Waals surface area contributed by atoms with E-state index in [1.54, 1.807) is 0 Å². The van der Waals surface area contributed by atoms with Gasteiger partial charge in [-0.2, -0.15) is 0 Å². The Morgan fingerprint density at radius 1 is 0.727 bits per heavy atom. The lowest BCUT2D eigenvalue weighted by atomic mass is 9.69. The van der Waals surface area contributed by atoms with Gasteiger partial charge in [-0.05, 0) is 83.4 Å². The summed E-state index contributed by atoms with van der Waals surface area (Å²) in [5, 5.41) is 24.4. The maximum atomic E-state index is 12.8. The van der Waals surface area contributed by atoms with Crippen LogP contribution in [-0.4, -0.2) is 89.8 Å². The van der Waals surface area contributed by atoms with Gasteiger partial charge in [-0.1, -0.05) is 71.3 Å². The lowest BCUT2D eigenvalue weighted by Crippen LogP contribution is -2.66. The van der Waals surface area contributed by atoms with Crippen molar-refractivity contribution in [3.8, 4) is 0 Å². The zero-order valence-electron chi connectivity index (χ0n) is 29.5.